The molecule has 0 unspecified atom stereocenters. The predicted octanol–water partition coefficient (Wildman–Crippen LogP) is 1.28. The minimum Gasteiger partial charge on any atom is -0.497 e. The zero-order valence-electron chi connectivity index (χ0n) is 13.0. The Morgan fingerprint density at radius 3 is 2.24 bits per heavy atom. The third-order valence-electron chi connectivity index (χ3n) is 2.69. The average Bonchev–Trinajstić information content (AvgIpc) is 2.54. The fourth-order valence-electron chi connectivity index (χ4n) is 1.62. The van der Waals surface area contributed by atoms with Gasteiger partial charge in [0.05, 0.1) is 20.3 Å². The van der Waals surface area contributed by atoms with E-state index in [-0.39, 0.29) is 0 Å². The molecule has 0 spiro atoms. The molecule has 0 bridgehead atoms. The smallest absolute Gasteiger partial charge is 0.191 e. The van der Waals surface area contributed by atoms with E-state index in [1.165, 1.54) is 0 Å². The summed E-state index contributed by atoms with van der Waals surface area (Å²) < 4.78 is 16.0. The molecule has 0 aliphatic rings. The number of hydrogen-bond acceptors (Lipinski definition) is 4. The summed E-state index contributed by atoms with van der Waals surface area (Å²) in [5.74, 6) is 2.38. The Morgan fingerprint density at radius 2 is 1.67 bits per heavy atom. The Morgan fingerprint density at radius 1 is 1.05 bits per heavy atom. The van der Waals surface area contributed by atoms with Crippen LogP contribution in [0, 0.1) is 0 Å². The van der Waals surface area contributed by atoms with Gasteiger partial charge < -0.3 is 24.8 Å². The Kier molecular flexibility index (Phi) is 8.79. The predicted molar refractivity (Wildman–Crippen MR) is 84.3 cm³/mol. The van der Waals surface area contributed by atoms with Crippen molar-refractivity contribution in [3.05, 3.63) is 24.3 Å². The van der Waals surface area contributed by atoms with Gasteiger partial charge in [-0.1, -0.05) is 0 Å². The maximum Gasteiger partial charge on any atom is 0.191 e. The first kappa shape index (κ1) is 17.1. The molecule has 6 nitrogen and oxygen atoms in total. The number of guanidine groups is 1. The lowest BCUT2D eigenvalue weighted by Crippen LogP contribution is -2.40. The molecular formula is C15H25N3O3. The van der Waals surface area contributed by atoms with Crippen molar-refractivity contribution in [2.45, 2.75) is 6.92 Å². The number of methoxy groups -OCH3 is 1. The van der Waals surface area contributed by atoms with Crippen LogP contribution in [-0.2, 0) is 4.74 Å². The van der Waals surface area contributed by atoms with Crippen molar-refractivity contribution in [3.8, 4) is 11.5 Å². The molecule has 0 radical (unpaired) electrons. The van der Waals surface area contributed by atoms with Crippen LogP contribution >= 0.6 is 0 Å². The van der Waals surface area contributed by atoms with E-state index in [0.717, 1.165) is 30.6 Å². The quantitative estimate of drug-likeness (QED) is 0.408. The van der Waals surface area contributed by atoms with Gasteiger partial charge in [-0.25, -0.2) is 0 Å². The van der Waals surface area contributed by atoms with E-state index in [2.05, 4.69) is 15.6 Å². The summed E-state index contributed by atoms with van der Waals surface area (Å²) >= 11 is 0. The molecule has 0 atom stereocenters. The Hall–Kier alpha value is -1.95. The fraction of sp³-hybridized carbons (Fsp3) is 0.533. The van der Waals surface area contributed by atoms with E-state index in [4.69, 9.17) is 14.2 Å². The van der Waals surface area contributed by atoms with Crippen LogP contribution in [0.15, 0.2) is 29.3 Å². The monoisotopic (exact) mass is 295 g/mol. The van der Waals surface area contributed by atoms with Crippen LogP contribution in [0.2, 0.25) is 0 Å². The first-order chi connectivity index (χ1) is 10.3. The second-order valence-corrected chi connectivity index (χ2v) is 4.15. The van der Waals surface area contributed by atoms with Crippen molar-refractivity contribution in [1.82, 2.24) is 10.6 Å². The Labute approximate surface area is 126 Å². The second kappa shape index (κ2) is 10.8. The minimum atomic E-state index is 0.554. The fourth-order valence-corrected chi connectivity index (χ4v) is 1.62. The minimum absolute atomic E-state index is 0.554. The molecule has 1 aromatic carbocycles. The standard InChI is InChI=1S/C15H25N3O3/c1-4-20-11-9-17-15(16-2)18-10-12-21-14-7-5-13(19-3)6-8-14/h5-8H,4,9-12H2,1-3H3,(H2,16,17,18). The lowest BCUT2D eigenvalue weighted by Gasteiger charge is -2.12. The van der Waals surface area contributed by atoms with Crippen LogP contribution in [-0.4, -0.2) is 53.0 Å². The molecule has 0 aliphatic carbocycles. The average molecular weight is 295 g/mol. The van der Waals surface area contributed by atoms with Crippen LogP contribution in [0.4, 0.5) is 0 Å². The molecule has 2 N–H and O–H groups in total. The lowest BCUT2D eigenvalue weighted by molar-refractivity contribution is 0.152. The summed E-state index contributed by atoms with van der Waals surface area (Å²) in [5, 5.41) is 6.33. The summed E-state index contributed by atoms with van der Waals surface area (Å²) in [6.07, 6.45) is 0. The molecule has 0 aliphatic heterocycles. The first-order valence-electron chi connectivity index (χ1n) is 7.09. The maximum absolute atomic E-state index is 5.62. The highest BCUT2D eigenvalue weighted by Gasteiger charge is 1.98. The summed E-state index contributed by atoms with van der Waals surface area (Å²) in [6.45, 7) is 5.32. The molecule has 0 saturated carbocycles. The van der Waals surface area contributed by atoms with E-state index in [0.29, 0.717) is 19.8 Å². The first-order valence-corrected chi connectivity index (χ1v) is 7.09. The van der Waals surface area contributed by atoms with E-state index < -0.39 is 0 Å². The molecule has 0 aromatic heterocycles. The molecule has 0 fully saturated rings. The normalized spacial score (nSPS) is 11.1. The van der Waals surface area contributed by atoms with E-state index >= 15 is 0 Å². The number of aliphatic imine (C=N–C) groups is 1. The Balaban J connectivity index is 2.16. The van der Waals surface area contributed by atoms with E-state index in [1.807, 2.05) is 31.2 Å². The van der Waals surface area contributed by atoms with Gasteiger partial charge in [-0.05, 0) is 31.2 Å². The highest BCUT2D eigenvalue weighted by Crippen LogP contribution is 2.16. The van der Waals surface area contributed by atoms with Crippen molar-refractivity contribution in [1.29, 1.82) is 0 Å². The van der Waals surface area contributed by atoms with Crippen LogP contribution in [0.25, 0.3) is 0 Å². The van der Waals surface area contributed by atoms with Gasteiger partial charge in [-0.15, -0.1) is 0 Å². The largest absolute Gasteiger partial charge is 0.497 e. The highest BCUT2D eigenvalue weighted by atomic mass is 16.5. The number of hydrogen-bond donors (Lipinski definition) is 2. The number of nitrogens with zero attached hydrogens (tertiary/aromatic N) is 1. The molecule has 1 aromatic rings. The highest BCUT2D eigenvalue weighted by molar-refractivity contribution is 5.79. The molecule has 1 rings (SSSR count). The van der Waals surface area contributed by atoms with Crippen molar-refractivity contribution >= 4 is 5.96 Å². The van der Waals surface area contributed by atoms with Crippen LogP contribution in [0.1, 0.15) is 6.92 Å². The van der Waals surface area contributed by atoms with Gasteiger partial charge in [-0.2, -0.15) is 0 Å². The molecular weight excluding hydrogens is 270 g/mol. The number of benzene rings is 1. The summed E-state index contributed by atoms with van der Waals surface area (Å²) in [6, 6.07) is 7.51. The van der Waals surface area contributed by atoms with Crippen LogP contribution in [0.3, 0.4) is 0 Å². The van der Waals surface area contributed by atoms with E-state index in [9.17, 15) is 0 Å². The van der Waals surface area contributed by atoms with Gasteiger partial charge in [0.2, 0.25) is 0 Å². The van der Waals surface area contributed by atoms with Gasteiger partial charge in [0.25, 0.3) is 0 Å². The van der Waals surface area contributed by atoms with Gasteiger partial charge in [0.15, 0.2) is 5.96 Å². The van der Waals surface area contributed by atoms with Gasteiger partial charge in [-0.3, -0.25) is 4.99 Å². The summed E-state index contributed by atoms with van der Waals surface area (Å²) in [4.78, 5) is 4.12. The van der Waals surface area contributed by atoms with Gasteiger partial charge in [0, 0.05) is 20.2 Å². The molecule has 0 heterocycles. The maximum atomic E-state index is 5.62. The molecule has 0 amide bonds. The summed E-state index contributed by atoms with van der Waals surface area (Å²) in [7, 11) is 3.38. The van der Waals surface area contributed by atoms with Crippen molar-refractivity contribution in [2.75, 3.05) is 47.1 Å². The molecule has 0 saturated heterocycles. The van der Waals surface area contributed by atoms with Crippen molar-refractivity contribution < 1.29 is 14.2 Å². The zero-order valence-corrected chi connectivity index (χ0v) is 13.0. The van der Waals surface area contributed by atoms with Crippen molar-refractivity contribution in [2.24, 2.45) is 4.99 Å². The summed E-state index contributed by atoms with van der Waals surface area (Å²) in [5.41, 5.74) is 0. The topological polar surface area (TPSA) is 64.1 Å². The zero-order chi connectivity index (χ0) is 15.3. The molecule has 118 valence electrons. The van der Waals surface area contributed by atoms with E-state index in [1.54, 1.807) is 14.2 Å². The molecule has 6 heteroatoms. The number of rotatable bonds is 9. The number of nitrogens with one attached hydrogen (secondary N) is 2. The second-order valence-electron chi connectivity index (χ2n) is 4.15. The van der Waals surface area contributed by atoms with Crippen molar-refractivity contribution in [3.63, 3.8) is 0 Å². The third-order valence-corrected chi connectivity index (χ3v) is 2.69. The molecule has 21 heavy (non-hydrogen) atoms. The lowest BCUT2D eigenvalue weighted by atomic mass is 10.3. The SMILES string of the molecule is CCOCCNC(=NC)NCCOc1ccc(OC)cc1. The van der Waals surface area contributed by atoms with Gasteiger partial charge in [0.1, 0.15) is 18.1 Å². The van der Waals surface area contributed by atoms with Crippen LogP contribution in [0.5, 0.6) is 11.5 Å². The Bertz CT molecular complexity index is 407. The van der Waals surface area contributed by atoms with Crippen LogP contribution < -0.4 is 20.1 Å². The van der Waals surface area contributed by atoms with Gasteiger partial charge >= 0.3 is 0 Å². The number of ether oxygens (including phenoxy) is 3. The third kappa shape index (κ3) is 7.41.